The summed E-state index contributed by atoms with van der Waals surface area (Å²) >= 11 is 0. The van der Waals surface area contributed by atoms with Crippen molar-refractivity contribution in [3.63, 3.8) is 0 Å². The number of carbonyl (C=O) groups is 1. The van der Waals surface area contributed by atoms with E-state index in [0.29, 0.717) is 23.0 Å². The third-order valence-corrected chi connectivity index (χ3v) is 5.77. The Hall–Kier alpha value is -4.12. The van der Waals surface area contributed by atoms with E-state index in [0.717, 1.165) is 31.9 Å². The van der Waals surface area contributed by atoms with Gasteiger partial charge in [-0.2, -0.15) is 0 Å². The Morgan fingerprint density at radius 3 is 2.65 bits per heavy atom. The maximum Gasteiger partial charge on any atom is 0.276 e. The lowest BCUT2D eigenvalue weighted by Gasteiger charge is -2.27. The zero-order valence-corrected chi connectivity index (χ0v) is 18.3. The first-order valence-corrected chi connectivity index (χ1v) is 11.1. The van der Waals surface area contributed by atoms with Crippen molar-refractivity contribution in [2.75, 3.05) is 16.0 Å². The Morgan fingerprint density at radius 2 is 1.88 bits per heavy atom. The number of hydrogen-bond acceptors (Lipinski definition) is 8. The Morgan fingerprint density at radius 1 is 1.03 bits per heavy atom. The number of rotatable bonds is 6. The van der Waals surface area contributed by atoms with Crippen LogP contribution in [0.5, 0.6) is 0 Å². The number of amides is 1. The highest BCUT2D eigenvalue weighted by Crippen LogP contribution is 2.26. The van der Waals surface area contributed by atoms with Gasteiger partial charge in [0.15, 0.2) is 17.2 Å². The van der Waals surface area contributed by atoms with Crippen LogP contribution in [0.15, 0.2) is 55.1 Å². The van der Waals surface area contributed by atoms with E-state index in [2.05, 4.69) is 36.0 Å². The highest BCUT2D eigenvalue weighted by Gasteiger charge is 2.22. The molecule has 4 aromatic rings. The largest absolute Gasteiger partial charge is 0.366 e. The standard InChI is InChI=1S/C23H24FN9O/c24-16-12-26-10-8-17(16)31-23(34)19-13-28-22-18(30-20-3-1-2-9-27-20)11-21(32-33(19)22)29-15-6-4-14(25)5-7-15/h1-3,8-15H,4-7,25H2,(H,27,30)(H,29,32)(H,26,31,34)/t14-,15-. The normalized spacial score (nSPS) is 17.9. The summed E-state index contributed by atoms with van der Waals surface area (Å²) in [5, 5.41) is 13.9. The van der Waals surface area contributed by atoms with Gasteiger partial charge >= 0.3 is 0 Å². The van der Waals surface area contributed by atoms with E-state index in [1.807, 2.05) is 24.3 Å². The zero-order chi connectivity index (χ0) is 23.5. The number of anilines is 4. The van der Waals surface area contributed by atoms with Crippen LogP contribution in [0.4, 0.5) is 27.4 Å². The minimum Gasteiger partial charge on any atom is -0.366 e. The molecular weight excluding hydrogens is 437 g/mol. The molecule has 0 aliphatic heterocycles. The molecular formula is C23H24FN9O. The van der Waals surface area contributed by atoms with Gasteiger partial charge in [-0.25, -0.2) is 18.9 Å². The lowest BCUT2D eigenvalue weighted by Crippen LogP contribution is -2.33. The van der Waals surface area contributed by atoms with Gasteiger partial charge in [-0.3, -0.25) is 9.78 Å². The highest BCUT2D eigenvalue weighted by atomic mass is 19.1. The summed E-state index contributed by atoms with van der Waals surface area (Å²) in [5.74, 6) is 0.0225. The number of nitrogens with one attached hydrogen (secondary N) is 3. The molecule has 1 saturated carbocycles. The van der Waals surface area contributed by atoms with Crippen molar-refractivity contribution in [3.05, 3.63) is 66.6 Å². The Balaban J connectivity index is 1.50. The van der Waals surface area contributed by atoms with Crippen LogP contribution in [-0.2, 0) is 0 Å². The molecule has 0 saturated heterocycles. The van der Waals surface area contributed by atoms with Crippen molar-refractivity contribution in [2.45, 2.75) is 37.8 Å². The van der Waals surface area contributed by atoms with E-state index in [-0.39, 0.29) is 23.5 Å². The number of fused-ring (bicyclic) bond motifs is 1. The van der Waals surface area contributed by atoms with Crippen LogP contribution in [0.1, 0.15) is 36.2 Å². The molecule has 1 aliphatic carbocycles. The predicted octanol–water partition coefficient (Wildman–Crippen LogP) is 3.34. The Labute approximate surface area is 194 Å². The molecule has 0 aromatic carbocycles. The van der Waals surface area contributed by atoms with E-state index in [9.17, 15) is 9.18 Å². The van der Waals surface area contributed by atoms with Crippen LogP contribution >= 0.6 is 0 Å². The summed E-state index contributed by atoms with van der Waals surface area (Å²) in [5.41, 5.74) is 7.28. The fourth-order valence-electron chi connectivity index (χ4n) is 4.00. The quantitative estimate of drug-likeness (QED) is 0.343. The van der Waals surface area contributed by atoms with Gasteiger partial charge in [0.2, 0.25) is 0 Å². The molecule has 174 valence electrons. The number of hydrogen-bond donors (Lipinski definition) is 4. The predicted molar refractivity (Wildman–Crippen MR) is 127 cm³/mol. The first-order chi connectivity index (χ1) is 16.6. The van der Waals surface area contributed by atoms with Crippen molar-refractivity contribution in [1.29, 1.82) is 0 Å². The summed E-state index contributed by atoms with van der Waals surface area (Å²) in [4.78, 5) is 25.4. The summed E-state index contributed by atoms with van der Waals surface area (Å²) in [6, 6.07) is 9.20. The molecule has 0 atom stereocenters. The van der Waals surface area contributed by atoms with Crippen LogP contribution in [0.25, 0.3) is 5.65 Å². The first kappa shape index (κ1) is 21.7. The fraction of sp³-hybridized carbons (Fsp3) is 0.261. The van der Waals surface area contributed by atoms with Crippen molar-refractivity contribution in [3.8, 4) is 0 Å². The van der Waals surface area contributed by atoms with Gasteiger partial charge in [-0.15, -0.1) is 5.10 Å². The van der Waals surface area contributed by atoms with Gasteiger partial charge in [0.05, 0.1) is 23.8 Å². The van der Waals surface area contributed by atoms with Crippen LogP contribution in [0.3, 0.4) is 0 Å². The number of aromatic nitrogens is 5. The fourth-order valence-corrected chi connectivity index (χ4v) is 4.00. The summed E-state index contributed by atoms with van der Waals surface area (Å²) in [7, 11) is 0. The minimum absolute atomic E-state index is 0.0228. The third-order valence-electron chi connectivity index (χ3n) is 5.77. The van der Waals surface area contributed by atoms with E-state index in [1.54, 1.807) is 6.20 Å². The molecule has 10 nitrogen and oxygen atoms in total. The number of carbonyl (C=O) groups excluding carboxylic acids is 1. The first-order valence-electron chi connectivity index (χ1n) is 11.1. The molecule has 1 fully saturated rings. The molecule has 1 amide bonds. The van der Waals surface area contributed by atoms with Gasteiger partial charge in [0, 0.05) is 30.5 Å². The van der Waals surface area contributed by atoms with Crippen LogP contribution in [0.2, 0.25) is 0 Å². The molecule has 5 rings (SSSR count). The maximum atomic E-state index is 14.0. The number of halogens is 1. The second-order valence-electron chi connectivity index (χ2n) is 8.23. The van der Waals surface area contributed by atoms with E-state index in [4.69, 9.17) is 5.73 Å². The van der Waals surface area contributed by atoms with Gasteiger partial charge in [-0.1, -0.05) is 6.07 Å². The number of imidazole rings is 1. The highest BCUT2D eigenvalue weighted by molar-refractivity contribution is 6.03. The SMILES string of the molecule is N[C@H]1CC[C@H](Nc2cc(Nc3ccccn3)c3ncc(C(=O)Nc4ccncc4F)n3n2)CC1. The monoisotopic (exact) mass is 461 g/mol. The van der Waals surface area contributed by atoms with Crippen molar-refractivity contribution < 1.29 is 9.18 Å². The molecule has 11 heteroatoms. The van der Waals surface area contributed by atoms with E-state index < -0.39 is 11.7 Å². The second kappa shape index (κ2) is 9.40. The Kier molecular flexibility index (Phi) is 6.00. The number of nitrogens with two attached hydrogens (primary N) is 1. The average Bonchev–Trinajstić information content (AvgIpc) is 3.27. The smallest absolute Gasteiger partial charge is 0.276 e. The maximum absolute atomic E-state index is 14.0. The lowest BCUT2D eigenvalue weighted by atomic mass is 9.92. The summed E-state index contributed by atoms with van der Waals surface area (Å²) in [6.45, 7) is 0. The van der Waals surface area contributed by atoms with E-state index >= 15 is 0 Å². The topological polar surface area (TPSA) is 135 Å². The lowest BCUT2D eigenvalue weighted by molar-refractivity contribution is 0.102. The molecule has 34 heavy (non-hydrogen) atoms. The van der Waals surface area contributed by atoms with Crippen molar-refractivity contribution >= 4 is 34.6 Å². The third kappa shape index (κ3) is 4.64. The van der Waals surface area contributed by atoms with Gasteiger partial charge in [0.1, 0.15) is 11.6 Å². The Bertz CT molecular complexity index is 1300. The van der Waals surface area contributed by atoms with E-state index in [1.165, 1.54) is 23.0 Å². The van der Waals surface area contributed by atoms with Crippen molar-refractivity contribution in [2.24, 2.45) is 5.73 Å². The molecule has 4 heterocycles. The van der Waals surface area contributed by atoms with Gasteiger partial charge in [0.25, 0.3) is 5.91 Å². The average molecular weight is 462 g/mol. The molecule has 1 aliphatic rings. The second-order valence-corrected chi connectivity index (χ2v) is 8.23. The molecule has 0 spiro atoms. The minimum atomic E-state index is -0.631. The van der Waals surface area contributed by atoms with Crippen molar-refractivity contribution in [1.82, 2.24) is 24.6 Å². The summed E-state index contributed by atoms with van der Waals surface area (Å²) < 4.78 is 15.5. The zero-order valence-electron chi connectivity index (χ0n) is 18.3. The van der Waals surface area contributed by atoms with Gasteiger partial charge < -0.3 is 21.7 Å². The number of nitrogens with zero attached hydrogens (tertiary/aromatic N) is 5. The van der Waals surface area contributed by atoms with Crippen LogP contribution in [0, 0.1) is 5.82 Å². The van der Waals surface area contributed by atoms with Gasteiger partial charge in [-0.05, 0) is 43.9 Å². The number of pyridine rings is 2. The van der Waals surface area contributed by atoms with Crippen LogP contribution in [-0.4, -0.2) is 42.6 Å². The molecule has 0 bridgehead atoms. The molecule has 0 radical (unpaired) electrons. The summed E-state index contributed by atoms with van der Waals surface area (Å²) in [6.07, 6.45) is 9.27. The molecule has 4 aromatic heterocycles. The van der Waals surface area contributed by atoms with Crippen LogP contribution < -0.4 is 21.7 Å². The molecule has 5 N–H and O–H groups in total. The molecule has 0 unspecified atom stereocenters.